The van der Waals surface area contributed by atoms with Gasteiger partial charge in [-0.25, -0.2) is 10.8 Å². The summed E-state index contributed by atoms with van der Waals surface area (Å²) in [5.41, 5.74) is 2.11. The van der Waals surface area contributed by atoms with Gasteiger partial charge in [-0.05, 0) is 25.9 Å². The van der Waals surface area contributed by atoms with Crippen molar-refractivity contribution < 1.29 is 4.79 Å². The fourth-order valence-corrected chi connectivity index (χ4v) is 2.67. The van der Waals surface area contributed by atoms with Crippen molar-refractivity contribution in [3.63, 3.8) is 0 Å². The monoisotopic (exact) mass is 240 g/mol. The van der Waals surface area contributed by atoms with Crippen LogP contribution in [0.3, 0.4) is 0 Å². The summed E-state index contributed by atoms with van der Waals surface area (Å²) in [5.74, 6) is 4.80. The number of aromatic nitrogens is 1. The first kappa shape index (κ1) is 11.5. The summed E-state index contributed by atoms with van der Waals surface area (Å²) in [4.78, 5) is 18.4. The van der Waals surface area contributed by atoms with Gasteiger partial charge < -0.3 is 4.90 Å². The second kappa shape index (κ2) is 5.38. The van der Waals surface area contributed by atoms with Crippen LogP contribution in [-0.2, 0) is 6.42 Å². The highest BCUT2D eigenvalue weighted by molar-refractivity contribution is 7.13. The minimum absolute atomic E-state index is 0.259. The summed E-state index contributed by atoms with van der Waals surface area (Å²) in [6.07, 6.45) is 5.12. The molecule has 5 nitrogen and oxygen atoms in total. The molecule has 0 unspecified atom stereocenters. The van der Waals surface area contributed by atoms with Crippen LogP contribution < -0.4 is 11.3 Å². The van der Waals surface area contributed by atoms with Crippen molar-refractivity contribution in [1.29, 1.82) is 0 Å². The average Bonchev–Trinajstić information content (AvgIpc) is 2.96. The molecule has 2 rings (SSSR count). The third-order valence-electron chi connectivity index (χ3n) is 2.75. The van der Waals surface area contributed by atoms with Crippen molar-refractivity contribution in [3.8, 4) is 0 Å². The van der Waals surface area contributed by atoms with E-state index in [1.807, 2.05) is 0 Å². The summed E-state index contributed by atoms with van der Waals surface area (Å²) >= 11 is 1.42. The lowest BCUT2D eigenvalue weighted by Crippen LogP contribution is -2.29. The zero-order valence-electron chi connectivity index (χ0n) is 9.11. The number of likely N-dealkylation sites (tertiary alicyclic amines) is 1. The van der Waals surface area contributed by atoms with Crippen LogP contribution in [0.1, 0.15) is 27.5 Å². The zero-order valence-corrected chi connectivity index (χ0v) is 9.92. The van der Waals surface area contributed by atoms with Gasteiger partial charge in [-0.1, -0.05) is 0 Å². The summed E-state index contributed by atoms with van der Waals surface area (Å²) in [5, 5.41) is 1.01. The molecule has 1 aliphatic rings. The Morgan fingerprint density at radius 1 is 1.56 bits per heavy atom. The maximum absolute atomic E-state index is 11.2. The maximum atomic E-state index is 11.2. The van der Waals surface area contributed by atoms with E-state index in [4.69, 9.17) is 5.84 Å². The molecule has 1 aromatic heterocycles. The third-order valence-corrected chi connectivity index (χ3v) is 3.80. The molecule has 0 saturated carbocycles. The first-order valence-corrected chi connectivity index (χ1v) is 6.29. The molecular weight excluding hydrogens is 224 g/mol. The van der Waals surface area contributed by atoms with Crippen molar-refractivity contribution in [2.75, 3.05) is 19.6 Å². The van der Waals surface area contributed by atoms with E-state index in [1.165, 1.54) is 37.3 Å². The maximum Gasteiger partial charge on any atom is 0.276 e. The highest BCUT2D eigenvalue weighted by atomic mass is 32.1. The van der Waals surface area contributed by atoms with Gasteiger partial charge >= 0.3 is 0 Å². The Labute approximate surface area is 98.6 Å². The number of nitrogens with one attached hydrogen (secondary N) is 1. The fraction of sp³-hybridized carbons (Fsp3) is 0.600. The summed E-state index contributed by atoms with van der Waals surface area (Å²) in [6.45, 7) is 3.43. The van der Waals surface area contributed by atoms with Gasteiger partial charge in [0.05, 0.1) is 11.2 Å². The van der Waals surface area contributed by atoms with E-state index < -0.39 is 0 Å². The van der Waals surface area contributed by atoms with Gasteiger partial charge in [0.15, 0.2) is 0 Å². The number of nitrogens with zero attached hydrogens (tertiary/aromatic N) is 2. The Hall–Kier alpha value is -0.980. The van der Waals surface area contributed by atoms with Crippen LogP contribution in [0.5, 0.6) is 0 Å². The molecule has 2 heterocycles. The van der Waals surface area contributed by atoms with Crippen LogP contribution in [0, 0.1) is 0 Å². The van der Waals surface area contributed by atoms with Crippen LogP contribution in [0.2, 0.25) is 0 Å². The van der Waals surface area contributed by atoms with Crippen molar-refractivity contribution >= 4 is 17.2 Å². The molecule has 1 saturated heterocycles. The molecule has 1 amide bonds. The first-order valence-electron chi connectivity index (χ1n) is 5.47. The van der Waals surface area contributed by atoms with E-state index in [9.17, 15) is 4.79 Å². The molecule has 1 aliphatic heterocycles. The number of rotatable bonds is 4. The van der Waals surface area contributed by atoms with Crippen LogP contribution in [-0.4, -0.2) is 35.4 Å². The molecule has 0 bridgehead atoms. The van der Waals surface area contributed by atoms with Gasteiger partial charge in [0, 0.05) is 13.0 Å². The van der Waals surface area contributed by atoms with Crippen LogP contribution in [0.4, 0.5) is 0 Å². The highest BCUT2D eigenvalue weighted by Gasteiger charge is 2.13. The van der Waals surface area contributed by atoms with E-state index in [-0.39, 0.29) is 5.91 Å². The van der Waals surface area contributed by atoms with Gasteiger partial charge in [-0.3, -0.25) is 10.2 Å². The number of hydrogen-bond acceptors (Lipinski definition) is 5. The fourth-order valence-electron chi connectivity index (χ4n) is 1.86. The third kappa shape index (κ3) is 2.78. The minimum Gasteiger partial charge on any atom is -0.303 e. The Morgan fingerprint density at radius 3 is 3.00 bits per heavy atom. The van der Waals surface area contributed by atoms with Crippen molar-refractivity contribution in [2.24, 2.45) is 5.84 Å². The predicted molar refractivity (Wildman–Crippen MR) is 63.1 cm³/mol. The second-order valence-corrected chi connectivity index (χ2v) is 5.01. The van der Waals surface area contributed by atoms with Gasteiger partial charge in [0.25, 0.3) is 5.91 Å². The van der Waals surface area contributed by atoms with E-state index >= 15 is 0 Å². The van der Waals surface area contributed by atoms with E-state index in [0.717, 1.165) is 18.0 Å². The molecule has 88 valence electrons. The summed E-state index contributed by atoms with van der Waals surface area (Å²) < 4.78 is 0. The Kier molecular flexibility index (Phi) is 3.87. The molecule has 3 N–H and O–H groups in total. The smallest absolute Gasteiger partial charge is 0.276 e. The van der Waals surface area contributed by atoms with Crippen molar-refractivity contribution in [2.45, 2.75) is 19.3 Å². The van der Waals surface area contributed by atoms with Gasteiger partial charge in [-0.2, -0.15) is 0 Å². The quantitative estimate of drug-likeness (QED) is 0.453. The molecule has 0 radical (unpaired) electrons. The lowest BCUT2D eigenvalue weighted by Gasteiger charge is -2.12. The van der Waals surface area contributed by atoms with E-state index in [2.05, 4.69) is 15.3 Å². The number of carbonyl (C=O) groups excluding carboxylic acids is 1. The highest BCUT2D eigenvalue weighted by Crippen LogP contribution is 2.15. The zero-order chi connectivity index (χ0) is 11.4. The molecule has 0 spiro atoms. The number of amides is 1. The topological polar surface area (TPSA) is 71.2 Å². The standard InChI is InChI=1S/C10H16N4OS/c11-13-10(15)8-7-12-9(16-8)3-6-14-4-1-2-5-14/h7H,1-6,11H2,(H,13,15). The number of hydrazine groups is 1. The van der Waals surface area contributed by atoms with Crippen LogP contribution in [0.25, 0.3) is 0 Å². The van der Waals surface area contributed by atoms with Crippen LogP contribution >= 0.6 is 11.3 Å². The second-order valence-electron chi connectivity index (χ2n) is 3.89. The minimum atomic E-state index is -0.259. The summed E-state index contributed by atoms with van der Waals surface area (Å²) in [7, 11) is 0. The lowest BCUT2D eigenvalue weighted by atomic mass is 10.4. The molecule has 0 aliphatic carbocycles. The molecule has 1 fully saturated rings. The van der Waals surface area contributed by atoms with E-state index in [1.54, 1.807) is 6.20 Å². The van der Waals surface area contributed by atoms with Crippen molar-refractivity contribution in [3.05, 3.63) is 16.1 Å². The normalized spacial score (nSPS) is 16.6. The molecule has 6 heteroatoms. The van der Waals surface area contributed by atoms with Crippen LogP contribution in [0.15, 0.2) is 6.20 Å². The molecule has 0 atom stereocenters. The molecular formula is C10H16N4OS. The SMILES string of the molecule is NNC(=O)c1cnc(CCN2CCCC2)s1. The largest absolute Gasteiger partial charge is 0.303 e. The molecule has 1 aromatic rings. The van der Waals surface area contributed by atoms with E-state index in [0.29, 0.717) is 4.88 Å². The lowest BCUT2D eigenvalue weighted by molar-refractivity contribution is 0.0957. The number of hydrogen-bond donors (Lipinski definition) is 2. The average molecular weight is 240 g/mol. The van der Waals surface area contributed by atoms with Gasteiger partial charge in [-0.15, -0.1) is 11.3 Å². The summed E-state index contributed by atoms with van der Waals surface area (Å²) in [6, 6.07) is 0. The number of carbonyl (C=O) groups is 1. The first-order chi connectivity index (χ1) is 7.79. The van der Waals surface area contributed by atoms with Gasteiger partial charge in [0.1, 0.15) is 4.88 Å². The number of thiazole rings is 1. The Morgan fingerprint density at radius 2 is 2.31 bits per heavy atom. The predicted octanol–water partition coefficient (Wildman–Crippen LogP) is 0.385. The molecule has 0 aromatic carbocycles. The van der Waals surface area contributed by atoms with Gasteiger partial charge in [0.2, 0.25) is 0 Å². The number of nitrogen functional groups attached to an aromatic ring is 1. The molecule has 16 heavy (non-hydrogen) atoms. The Bertz CT molecular complexity index is 359. The Balaban J connectivity index is 1.85. The number of nitrogens with two attached hydrogens (primary N) is 1. The van der Waals surface area contributed by atoms with Crippen molar-refractivity contribution in [1.82, 2.24) is 15.3 Å².